The average Bonchev–Trinajstić information content (AvgIpc) is 2.75. The van der Waals surface area contributed by atoms with Crippen molar-refractivity contribution in [2.45, 2.75) is 13.8 Å². The molecule has 1 aromatic carbocycles. The Hall–Kier alpha value is -0.770. The third-order valence-electron chi connectivity index (χ3n) is 6.07. The SMILES string of the molecule is CCN1CCN(CC(C)CNC(=NC)N2CCN(c3ccccc3Cl)CC2)CC1.I. The lowest BCUT2D eigenvalue weighted by atomic mass is 10.1. The highest BCUT2D eigenvalue weighted by molar-refractivity contribution is 14.0. The van der Waals surface area contributed by atoms with Crippen LogP contribution in [-0.2, 0) is 0 Å². The molecule has 0 amide bonds. The third-order valence-corrected chi connectivity index (χ3v) is 6.39. The van der Waals surface area contributed by atoms with Gasteiger partial charge in [0.15, 0.2) is 5.96 Å². The molecule has 0 bridgehead atoms. The molecule has 170 valence electrons. The lowest BCUT2D eigenvalue weighted by Gasteiger charge is -2.38. The molecule has 2 fully saturated rings. The van der Waals surface area contributed by atoms with Crippen LogP contribution in [0.3, 0.4) is 0 Å². The van der Waals surface area contributed by atoms with Gasteiger partial charge in [-0.05, 0) is 24.6 Å². The Balaban J connectivity index is 0.00000320. The molecule has 1 atom stereocenters. The fourth-order valence-corrected chi connectivity index (χ4v) is 4.51. The zero-order valence-corrected chi connectivity index (χ0v) is 21.8. The van der Waals surface area contributed by atoms with E-state index in [9.17, 15) is 0 Å². The normalized spacial score (nSPS) is 20.1. The number of likely N-dealkylation sites (N-methyl/N-ethyl adjacent to an activating group) is 1. The molecule has 6 nitrogen and oxygen atoms in total. The fraction of sp³-hybridized carbons (Fsp3) is 0.682. The van der Waals surface area contributed by atoms with Crippen LogP contribution in [0, 0.1) is 5.92 Å². The van der Waals surface area contributed by atoms with Crippen molar-refractivity contribution in [3.63, 3.8) is 0 Å². The van der Waals surface area contributed by atoms with Gasteiger partial charge in [0.2, 0.25) is 0 Å². The Labute approximate surface area is 204 Å². The van der Waals surface area contributed by atoms with Gasteiger partial charge in [0, 0.05) is 72.5 Å². The van der Waals surface area contributed by atoms with E-state index < -0.39 is 0 Å². The topological polar surface area (TPSA) is 37.4 Å². The van der Waals surface area contributed by atoms with Crippen LogP contribution in [0.5, 0.6) is 0 Å². The van der Waals surface area contributed by atoms with E-state index in [0.717, 1.165) is 55.9 Å². The maximum atomic E-state index is 6.37. The molecule has 2 aliphatic rings. The van der Waals surface area contributed by atoms with Crippen LogP contribution in [0.4, 0.5) is 5.69 Å². The molecular formula is C22H38ClIN6. The van der Waals surface area contributed by atoms with Crippen LogP contribution in [-0.4, -0.2) is 99.7 Å². The van der Waals surface area contributed by atoms with Crippen molar-refractivity contribution in [2.75, 3.05) is 83.9 Å². The molecule has 0 aliphatic carbocycles. The van der Waals surface area contributed by atoms with Gasteiger partial charge in [0.05, 0.1) is 10.7 Å². The molecule has 8 heteroatoms. The maximum Gasteiger partial charge on any atom is 0.193 e. The summed E-state index contributed by atoms with van der Waals surface area (Å²) in [6.07, 6.45) is 0. The van der Waals surface area contributed by atoms with Gasteiger partial charge in [-0.15, -0.1) is 24.0 Å². The molecule has 2 saturated heterocycles. The zero-order chi connectivity index (χ0) is 20.6. The molecule has 1 N–H and O–H groups in total. The molecule has 3 rings (SSSR count). The smallest absolute Gasteiger partial charge is 0.193 e. The molecule has 0 spiro atoms. The second-order valence-corrected chi connectivity index (χ2v) is 8.60. The summed E-state index contributed by atoms with van der Waals surface area (Å²) >= 11 is 6.37. The minimum atomic E-state index is 0. The molecule has 1 aromatic rings. The Kier molecular flexibility index (Phi) is 11.0. The third kappa shape index (κ3) is 7.14. The standard InChI is InChI=1S/C22H37ClN6.HI/c1-4-26-9-11-27(12-10-26)18-19(2)17-25-22(24-3)29-15-13-28(14-16-29)21-8-6-5-7-20(21)23;/h5-8,19H,4,9-18H2,1-3H3,(H,24,25);1H. The number of anilines is 1. The van der Waals surface area contributed by atoms with Crippen molar-refractivity contribution >= 4 is 47.2 Å². The second-order valence-electron chi connectivity index (χ2n) is 8.19. The molecule has 30 heavy (non-hydrogen) atoms. The van der Waals surface area contributed by atoms with E-state index in [1.807, 2.05) is 19.2 Å². The number of hydrogen-bond acceptors (Lipinski definition) is 4. The van der Waals surface area contributed by atoms with Crippen molar-refractivity contribution in [3.05, 3.63) is 29.3 Å². The second kappa shape index (κ2) is 12.9. The van der Waals surface area contributed by atoms with Crippen LogP contribution in [0.25, 0.3) is 0 Å². The number of piperazine rings is 2. The van der Waals surface area contributed by atoms with E-state index in [-0.39, 0.29) is 24.0 Å². The van der Waals surface area contributed by atoms with Gasteiger partial charge in [-0.1, -0.05) is 37.6 Å². The number of hydrogen-bond donors (Lipinski definition) is 1. The molecule has 0 aromatic heterocycles. The molecule has 2 aliphatic heterocycles. The van der Waals surface area contributed by atoms with Gasteiger partial charge in [0.1, 0.15) is 0 Å². The van der Waals surface area contributed by atoms with Crippen molar-refractivity contribution in [1.29, 1.82) is 0 Å². The highest BCUT2D eigenvalue weighted by Gasteiger charge is 2.22. The zero-order valence-electron chi connectivity index (χ0n) is 18.7. The number of benzene rings is 1. The number of nitrogens with zero attached hydrogens (tertiary/aromatic N) is 5. The van der Waals surface area contributed by atoms with E-state index in [1.54, 1.807) is 0 Å². The van der Waals surface area contributed by atoms with Crippen LogP contribution in [0.1, 0.15) is 13.8 Å². The summed E-state index contributed by atoms with van der Waals surface area (Å²) < 4.78 is 0. The summed E-state index contributed by atoms with van der Waals surface area (Å²) in [6.45, 7) is 16.5. The summed E-state index contributed by atoms with van der Waals surface area (Å²) in [5, 5.41) is 4.44. The van der Waals surface area contributed by atoms with Gasteiger partial charge in [-0.25, -0.2) is 0 Å². The quantitative estimate of drug-likeness (QED) is 0.336. The van der Waals surface area contributed by atoms with Crippen LogP contribution in [0.2, 0.25) is 5.02 Å². The maximum absolute atomic E-state index is 6.37. The first-order chi connectivity index (χ1) is 14.1. The number of para-hydroxylation sites is 1. The minimum Gasteiger partial charge on any atom is -0.367 e. The first-order valence-corrected chi connectivity index (χ1v) is 11.4. The summed E-state index contributed by atoms with van der Waals surface area (Å²) in [7, 11) is 1.89. The number of guanidine groups is 1. The largest absolute Gasteiger partial charge is 0.367 e. The number of aliphatic imine (C=N–C) groups is 1. The number of nitrogens with one attached hydrogen (secondary N) is 1. The lowest BCUT2D eigenvalue weighted by molar-refractivity contribution is 0.124. The number of halogens is 2. The first-order valence-electron chi connectivity index (χ1n) is 11.0. The Morgan fingerprint density at radius 3 is 2.27 bits per heavy atom. The predicted octanol–water partition coefficient (Wildman–Crippen LogP) is 2.93. The first kappa shape index (κ1) is 25.5. The summed E-state index contributed by atoms with van der Waals surface area (Å²) in [4.78, 5) is 14.4. The van der Waals surface area contributed by atoms with Gasteiger partial charge in [0.25, 0.3) is 0 Å². The summed E-state index contributed by atoms with van der Waals surface area (Å²) in [5.41, 5.74) is 1.13. The van der Waals surface area contributed by atoms with Gasteiger partial charge >= 0.3 is 0 Å². The van der Waals surface area contributed by atoms with Crippen molar-refractivity contribution in [2.24, 2.45) is 10.9 Å². The van der Waals surface area contributed by atoms with Crippen molar-refractivity contribution in [1.82, 2.24) is 20.0 Å². The van der Waals surface area contributed by atoms with Crippen LogP contribution >= 0.6 is 35.6 Å². The molecule has 0 saturated carbocycles. The highest BCUT2D eigenvalue weighted by Crippen LogP contribution is 2.26. The summed E-state index contributed by atoms with van der Waals surface area (Å²) in [6, 6.07) is 8.11. The van der Waals surface area contributed by atoms with Gasteiger partial charge in [-0.3, -0.25) is 4.99 Å². The van der Waals surface area contributed by atoms with Crippen molar-refractivity contribution < 1.29 is 0 Å². The predicted molar refractivity (Wildman–Crippen MR) is 140 cm³/mol. The van der Waals surface area contributed by atoms with E-state index in [4.69, 9.17) is 11.6 Å². The van der Waals surface area contributed by atoms with E-state index in [2.05, 4.69) is 55.9 Å². The van der Waals surface area contributed by atoms with E-state index in [1.165, 1.54) is 32.7 Å². The summed E-state index contributed by atoms with van der Waals surface area (Å²) in [5.74, 6) is 1.62. The van der Waals surface area contributed by atoms with E-state index in [0.29, 0.717) is 5.92 Å². The lowest BCUT2D eigenvalue weighted by Crippen LogP contribution is -2.53. The van der Waals surface area contributed by atoms with Crippen LogP contribution in [0.15, 0.2) is 29.3 Å². The van der Waals surface area contributed by atoms with Crippen LogP contribution < -0.4 is 10.2 Å². The number of rotatable bonds is 6. The molecule has 2 heterocycles. The Bertz CT molecular complexity index is 657. The van der Waals surface area contributed by atoms with Gasteiger partial charge < -0.3 is 24.9 Å². The molecule has 0 radical (unpaired) electrons. The Morgan fingerprint density at radius 2 is 1.67 bits per heavy atom. The monoisotopic (exact) mass is 548 g/mol. The molecular weight excluding hydrogens is 511 g/mol. The highest BCUT2D eigenvalue weighted by atomic mass is 127. The van der Waals surface area contributed by atoms with Gasteiger partial charge in [-0.2, -0.15) is 0 Å². The van der Waals surface area contributed by atoms with Crippen molar-refractivity contribution in [3.8, 4) is 0 Å². The average molecular weight is 549 g/mol. The Morgan fingerprint density at radius 1 is 1.03 bits per heavy atom. The van der Waals surface area contributed by atoms with E-state index >= 15 is 0 Å². The minimum absolute atomic E-state index is 0. The molecule has 1 unspecified atom stereocenters. The fourth-order valence-electron chi connectivity index (χ4n) is 4.26.